The highest BCUT2D eigenvalue weighted by molar-refractivity contribution is 7.89. The highest BCUT2D eigenvalue weighted by Gasteiger charge is 2.39. The van der Waals surface area contributed by atoms with E-state index in [1.807, 2.05) is 0 Å². The van der Waals surface area contributed by atoms with E-state index in [-0.39, 0.29) is 22.5 Å². The Morgan fingerprint density at radius 3 is 2.67 bits per heavy atom. The first-order valence-electron chi connectivity index (χ1n) is 7.13. The molecule has 0 aromatic heterocycles. The van der Waals surface area contributed by atoms with Crippen LogP contribution < -0.4 is 5.73 Å². The summed E-state index contributed by atoms with van der Waals surface area (Å²) < 4.78 is 45.9. The Balaban J connectivity index is 1.87. The number of halogens is 1. The molecule has 2 fully saturated rings. The highest BCUT2D eigenvalue weighted by Crippen LogP contribution is 2.34. The summed E-state index contributed by atoms with van der Waals surface area (Å²) in [5, 5.41) is 0. The van der Waals surface area contributed by atoms with E-state index in [4.69, 9.17) is 10.5 Å². The summed E-state index contributed by atoms with van der Waals surface area (Å²) >= 11 is 0. The van der Waals surface area contributed by atoms with Crippen molar-refractivity contribution < 1.29 is 17.5 Å². The van der Waals surface area contributed by atoms with E-state index < -0.39 is 15.8 Å². The molecule has 116 valence electrons. The molecule has 0 bridgehead atoms. The number of nitrogens with zero attached hydrogens (tertiary/aromatic N) is 1. The van der Waals surface area contributed by atoms with E-state index in [9.17, 15) is 12.8 Å². The van der Waals surface area contributed by atoms with Crippen LogP contribution in [0.3, 0.4) is 0 Å². The zero-order chi connectivity index (χ0) is 15.0. The Bertz CT molecular complexity index is 625. The predicted octanol–water partition coefficient (Wildman–Crippen LogP) is 1.60. The van der Waals surface area contributed by atoms with Gasteiger partial charge < -0.3 is 10.5 Å². The summed E-state index contributed by atoms with van der Waals surface area (Å²) in [6, 6.07) is 3.71. The number of anilines is 1. The lowest BCUT2D eigenvalue weighted by Crippen LogP contribution is -2.37. The van der Waals surface area contributed by atoms with Gasteiger partial charge in [-0.3, -0.25) is 0 Å². The lowest BCUT2D eigenvalue weighted by atomic mass is 10.1. The van der Waals surface area contributed by atoms with Crippen molar-refractivity contribution in [3.63, 3.8) is 0 Å². The monoisotopic (exact) mass is 314 g/mol. The second kappa shape index (κ2) is 5.55. The third kappa shape index (κ3) is 3.04. The van der Waals surface area contributed by atoms with Gasteiger partial charge in [-0.2, -0.15) is 4.31 Å². The molecular formula is C14H19FN2O3S. The van der Waals surface area contributed by atoms with Gasteiger partial charge in [0.05, 0.1) is 17.2 Å². The molecule has 2 aliphatic rings. The number of rotatable bonds is 5. The van der Waals surface area contributed by atoms with Crippen LogP contribution in [0.25, 0.3) is 0 Å². The van der Waals surface area contributed by atoms with Crippen molar-refractivity contribution in [2.45, 2.75) is 30.2 Å². The van der Waals surface area contributed by atoms with Crippen molar-refractivity contribution in [3.05, 3.63) is 24.0 Å². The van der Waals surface area contributed by atoms with Crippen LogP contribution in [0, 0.1) is 11.7 Å². The van der Waals surface area contributed by atoms with Crippen LogP contribution in [-0.4, -0.2) is 38.5 Å². The Kier molecular flexibility index (Phi) is 3.90. The smallest absolute Gasteiger partial charge is 0.243 e. The molecule has 7 heteroatoms. The molecule has 1 unspecified atom stereocenters. The van der Waals surface area contributed by atoms with Gasteiger partial charge in [0.25, 0.3) is 0 Å². The largest absolute Gasteiger partial charge is 0.396 e. The minimum Gasteiger partial charge on any atom is -0.396 e. The number of sulfonamides is 1. The zero-order valence-electron chi connectivity index (χ0n) is 11.7. The minimum absolute atomic E-state index is 0.0278. The molecule has 1 aliphatic carbocycles. The van der Waals surface area contributed by atoms with Crippen molar-refractivity contribution in [2.24, 2.45) is 5.92 Å². The van der Waals surface area contributed by atoms with Crippen LogP contribution in [0.15, 0.2) is 23.1 Å². The molecule has 1 saturated heterocycles. The minimum atomic E-state index is -3.68. The van der Waals surface area contributed by atoms with E-state index in [0.29, 0.717) is 19.8 Å². The van der Waals surface area contributed by atoms with E-state index >= 15 is 0 Å². The Hall–Kier alpha value is -1.18. The first-order chi connectivity index (χ1) is 9.98. The number of nitrogen functional groups attached to an aromatic ring is 1. The van der Waals surface area contributed by atoms with Crippen molar-refractivity contribution >= 4 is 15.7 Å². The molecule has 1 aliphatic heterocycles. The summed E-state index contributed by atoms with van der Waals surface area (Å²) in [7, 11) is -3.68. The molecule has 0 radical (unpaired) electrons. The summed E-state index contributed by atoms with van der Waals surface area (Å²) in [5.41, 5.74) is 5.37. The molecule has 0 spiro atoms. The highest BCUT2D eigenvalue weighted by atomic mass is 32.2. The molecule has 3 rings (SSSR count). The van der Waals surface area contributed by atoms with Crippen molar-refractivity contribution in [2.75, 3.05) is 25.5 Å². The van der Waals surface area contributed by atoms with Gasteiger partial charge in [0.15, 0.2) is 0 Å². The van der Waals surface area contributed by atoms with Crippen LogP contribution in [0.4, 0.5) is 10.1 Å². The standard InChI is InChI=1S/C14H19FN2O3S/c15-13-7-12(3-4-14(13)16)21(18,19)17(11-1-2-11)8-10-5-6-20-9-10/h3-4,7,10-11H,1-2,5-6,8-9,16H2. The van der Waals surface area contributed by atoms with Gasteiger partial charge in [-0.15, -0.1) is 0 Å². The molecule has 0 amide bonds. The molecule has 1 atom stereocenters. The molecule has 2 N–H and O–H groups in total. The number of hydrogen-bond acceptors (Lipinski definition) is 4. The SMILES string of the molecule is Nc1ccc(S(=O)(=O)N(CC2CCOC2)C2CC2)cc1F. The van der Waals surface area contributed by atoms with Crippen molar-refractivity contribution in [1.29, 1.82) is 0 Å². The molecular weight excluding hydrogens is 295 g/mol. The maximum Gasteiger partial charge on any atom is 0.243 e. The van der Waals surface area contributed by atoms with Crippen LogP contribution >= 0.6 is 0 Å². The summed E-state index contributed by atoms with van der Waals surface area (Å²) in [6.07, 6.45) is 2.60. The third-order valence-corrected chi connectivity index (χ3v) is 5.91. The number of ether oxygens (including phenoxy) is 1. The Morgan fingerprint density at radius 2 is 2.10 bits per heavy atom. The first kappa shape index (κ1) is 14.7. The lowest BCUT2D eigenvalue weighted by molar-refractivity contribution is 0.180. The maximum absolute atomic E-state index is 13.6. The zero-order valence-corrected chi connectivity index (χ0v) is 12.5. The van der Waals surface area contributed by atoms with Crippen LogP contribution in [-0.2, 0) is 14.8 Å². The van der Waals surface area contributed by atoms with Gasteiger partial charge >= 0.3 is 0 Å². The quantitative estimate of drug-likeness (QED) is 0.838. The molecule has 1 aromatic carbocycles. The van der Waals surface area contributed by atoms with Gasteiger partial charge in [-0.05, 0) is 43.4 Å². The van der Waals surface area contributed by atoms with Crippen LogP contribution in [0.1, 0.15) is 19.3 Å². The Labute approximate surface area is 123 Å². The fraction of sp³-hybridized carbons (Fsp3) is 0.571. The van der Waals surface area contributed by atoms with Gasteiger partial charge in [0, 0.05) is 19.2 Å². The average molecular weight is 314 g/mol. The molecule has 1 heterocycles. The summed E-state index contributed by atoms with van der Waals surface area (Å²) in [5.74, 6) is -0.477. The van der Waals surface area contributed by atoms with Crippen molar-refractivity contribution in [1.82, 2.24) is 4.31 Å². The van der Waals surface area contributed by atoms with Crippen molar-refractivity contribution in [3.8, 4) is 0 Å². The molecule has 1 aromatic rings. The third-order valence-electron chi connectivity index (χ3n) is 3.99. The fourth-order valence-corrected chi connectivity index (χ4v) is 4.37. The van der Waals surface area contributed by atoms with Gasteiger partial charge in [0.2, 0.25) is 10.0 Å². The van der Waals surface area contributed by atoms with Gasteiger partial charge in [0.1, 0.15) is 5.82 Å². The number of benzene rings is 1. The Morgan fingerprint density at radius 1 is 1.33 bits per heavy atom. The van der Waals surface area contributed by atoms with Crippen LogP contribution in [0.5, 0.6) is 0 Å². The van der Waals surface area contributed by atoms with E-state index in [1.165, 1.54) is 16.4 Å². The van der Waals surface area contributed by atoms with E-state index in [2.05, 4.69) is 0 Å². The predicted molar refractivity (Wildman–Crippen MR) is 76.7 cm³/mol. The summed E-state index contributed by atoms with van der Waals surface area (Å²) in [6.45, 7) is 1.72. The van der Waals surface area contributed by atoms with Gasteiger partial charge in [-0.25, -0.2) is 12.8 Å². The normalized spacial score (nSPS) is 22.9. The maximum atomic E-state index is 13.6. The topological polar surface area (TPSA) is 72.6 Å². The van der Waals surface area contributed by atoms with E-state index in [0.717, 1.165) is 25.3 Å². The summed E-state index contributed by atoms with van der Waals surface area (Å²) in [4.78, 5) is -0.0278. The van der Waals surface area contributed by atoms with Crippen LogP contribution in [0.2, 0.25) is 0 Å². The molecule has 5 nitrogen and oxygen atoms in total. The molecule has 21 heavy (non-hydrogen) atoms. The van der Waals surface area contributed by atoms with E-state index in [1.54, 1.807) is 0 Å². The lowest BCUT2D eigenvalue weighted by Gasteiger charge is -2.24. The second-order valence-electron chi connectivity index (χ2n) is 5.72. The van der Waals surface area contributed by atoms with Gasteiger partial charge in [-0.1, -0.05) is 0 Å². The second-order valence-corrected chi connectivity index (χ2v) is 7.61. The number of nitrogens with two attached hydrogens (primary N) is 1. The molecule has 1 saturated carbocycles. The fourth-order valence-electron chi connectivity index (χ4n) is 2.59. The first-order valence-corrected chi connectivity index (χ1v) is 8.57. The number of hydrogen-bond donors (Lipinski definition) is 1. The average Bonchev–Trinajstić information content (AvgIpc) is 3.15.